The maximum atomic E-state index is 2.40. The summed E-state index contributed by atoms with van der Waals surface area (Å²) in [6, 6.07) is 33.4. The van der Waals surface area contributed by atoms with Gasteiger partial charge in [-0.2, -0.15) is 0 Å². The molecule has 0 radical (unpaired) electrons. The van der Waals surface area contributed by atoms with E-state index in [1.54, 1.807) is 13.4 Å². The standard InChI is InChI=1S/C28H32P2/c1-4-12-24(13-5-1)25(20-23-30-22-11-21-29-30)18-10-19-28(26-14-6-2-7-15-26)27-16-8-3-9-17-27/h1-9,11-17,21,25,28,30H,10,18-20,22-23H2. The monoisotopic (exact) mass is 430 g/mol. The van der Waals surface area contributed by atoms with Crippen LogP contribution >= 0.6 is 15.1 Å². The molecule has 0 aromatic heterocycles. The van der Waals surface area contributed by atoms with Crippen LogP contribution in [0.1, 0.15) is 54.2 Å². The van der Waals surface area contributed by atoms with E-state index >= 15 is 0 Å². The zero-order valence-corrected chi connectivity index (χ0v) is 19.6. The van der Waals surface area contributed by atoms with Crippen molar-refractivity contribution in [3.8, 4) is 0 Å². The molecule has 0 amide bonds. The van der Waals surface area contributed by atoms with Gasteiger partial charge in [0.25, 0.3) is 0 Å². The van der Waals surface area contributed by atoms with E-state index in [9.17, 15) is 0 Å². The summed E-state index contributed by atoms with van der Waals surface area (Å²) in [5.41, 5.74) is 4.43. The van der Waals surface area contributed by atoms with Crippen LogP contribution in [0.2, 0.25) is 0 Å². The van der Waals surface area contributed by atoms with Crippen LogP contribution in [0.25, 0.3) is 0 Å². The van der Waals surface area contributed by atoms with Crippen molar-refractivity contribution in [1.82, 2.24) is 0 Å². The van der Waals surface area contributed by atoms with Crippen molar-refractivity contribution in [3.05, 3.63) is 120 Å². The molecule has 2 unspecified atom stereocenters. The van der Waals surface area contributed by atoms with Gasteiger partial charge in [-0.05, 0) is 60.0 Å². The van der Waals surface area contributed by atoms with E-state index in [-0.39, 0.29) is 7.21 Å². The van der Waals surface area contributed by atoms with Crippen molar-refractivity contribution in [2.24, 2.45) is 0 Å². The molecule has 1 aliphatic heterocycles. The van der Waals surface area contributed by atoms with Crippen molar-refractivity contribution in [1.29, 1.82) is 0 Å². The number of rotatable bonds is 10. The van der Waals surface area contributed by atoms with Crippen LogP contribution in [0.3, 0.4) is 0 Å². The van der Waals surface area contributed by atoms with Gasteiger partial charge in [0.05, 0.1) is 0 Å². The van der Waals surface area contributed by atoms with E-state index in [0.717, 1.165) is 0 Å². The number of hydrogen-bond donors (Lipinski definition) is 0. The van der Waals surface area contributed by atoms with E-state index < -0.39 is 0 Å². The minimum absolute atomic E-state index is 0.179. The quantitative estimate of drug-likeness (QED) is 0.282. The van der Waals surface area contributed by atoms with Gasteiger partial charge >= 0.3 is 0 Å². The zero-order valence-electron chi connectivity index (χ0n) is 17.7. The first-order valence-electron chi connectivity index (χ1n) is 11.3. The normalized spacial score (nSPS) is 17.0. The minimum Gasteiger partial charge on any atom is -0.0871 e. The second-order valence-electron chi connectivity index (χ2n) is 8.24. The summed E-state index contributed by atoms with van der Waals surface area (Å²) in [4.78, 5) is 0. The Bertz CT molecular complexity index is 906. The van der Waals surface area contributed by atoms with Crippen molar-refractivity contribution < 1.29 is 0 Å². The van der Waals surface area contributed by atoms with E-state index in [2.05, 4.69) is 103 Å². The molecule has 1 heterocycles. The van der Waals surface area contributed by atoms with Gasteiger partial charge in [-0.25, -0.2) is 0 Å². The Hall–Kier alpha value is -1.87. The number of hydrogen-bond acceptors (Lipinski definition) is 0. The number of benzene rings is 3. The Labute approximate surface area is 184 Å². The van der Waals surface area contributed by atoms with Gasteiger partial charge < -0.3 is 0 Å². The van der Waals surface area contributed by atoms with Crippen molar-refractivity contribution in [2.75, 3.05) is 12.3 Å². The predicted molar refractivity (Wildman–Crippen MR) is 136 cm³/mol. The molecule has 2 atom stereocenters. The lowest BCUT2D eigenvalue weighted by Crippen LogP contribution is -2.05. The molecular formula is C28H32P2. The average Bonchev–Trinajstić information content (AvgIpc) is 3.34. The van der Waals surface area contributed by atoms with Gasteiger partial charge in [0, 0.05) is 5.92 Å². The highest BCUT2D eigenvalue weighted by Gasteiger charge is 2.17. The first-order valence-corrected chi connectivity index (χ1v) is 15.0. The summed E-state index contributed by atoms with van der Waals surface area (Å²) in [5, 5.41) is 0. The number of allylic oxidation sites excluding steroid dienone is 1. The molecule has 0 saturated heterocycles. The molecule has 0 N–H and O–H groups in total. The second kappa shape index (κ2) is 11.5. The molecule has 154 valence electrons. The average molecular weight is 431 g/mol. The molecule has 1 aliphatic rings. The summed E-state index contributed by atoms with van der Waals surface area (Å²) < 4.78 is 0. The Morgan fingerprint density at radius 2 is 1.23 bits per heavy atom. The second-order valence-corrected chi connectivity index (χ2v) is 13.5. The lowest BCUT2D eigenvalue weighted by Gasteiger charge is -2.21. The fourth-order valence-electron chi connectivity index (χ4n) is 4.57. The smallest absolute Gasteiger partial charge is 0.00893 e. The Kier molecular flexibility index (Phi) is 8.19. The lowest BCUT2D eigenvalue weighted by molar-refractivity contribution is 0.540. The van der Waals surface area contributed by atoms with E-state index in [1.807, 2.05) is 0 Å². The SMILES string of the molecule is C1=CP=[PH](CCC(CCCC(c2ccccc2)c2ccccc2)c2ccccc2)C1. The third-order valence-corrected chi connectivity index (χ3v) is 11.3. The molecule has 4 rings (SSSR count). The van der Waals surface area contributed by atoms with Gasteiger partial charge in [-0.15, -0.1) is 0 Å². The fraction of sp³-hybridized carbons (Fsp3) is 0.286. The van der Waals surface area contributed by atoms with Crippen molar-refractivity contribution in [3.63, 3.8) is 0 Å². The third-order valence-electron chi connectivity index (χ3n) is 6.22. The highest BCUT2D eigenvalue weighted by molar-refractivity contribution is 7.96. The maximum Gasteiger partial charge on any atom is 0.00893 e. The topological polar surface area (TPSA) is 0 Å². The van der Waals surface area contributed by atoms with Crippen molar-refractivity contribution in [2.45, 2.75) is 37.5 Å². The molecule has 0 bridgehead atoms. The molecule has 3 aromatic rings. The largest absolute Gasteiger partial charge is 0.0871 e. The Balaban J connectivity index is 1.43. The molecule has 0 fully saturated rings. The lowest BCUT2D eigenvalue weighted by atomic mass is 9.84. The van der Waals surface area contributed by atoms with Crippen LogP contribution in [0, 0.1) is 0 Å². The highest BCUT2D eigenvalue weighted by atomic mass is 31.8. The summed E-state index contributed by atoms with van der Waals surface area (Å²) in [6.07, 6.45) is 10.4. The van der Waals surface area contributed by atoms with Gasteiger partial charge in [-0.1, -0.05) is 119 Å². The van der Waals surface area contributed by atoms with Crippen LogP contribution < -0.4 is 0 Å². The van der Waals surface area contributed by atoms with Gasteiger partial charge in [0.1, 0.15) is 0 Å². The third kappa shape index (κ3) is 6.07. The Morgan fingerprint density at radius 3 is 1.77 bits per heavy atom. The van der Waals surface area contributed by atoms with E-state index in [1.165, 1.54) is 49.1 Å². The predicted octanol–water partition coefficient (Wildman–Crippen LogP) is 8.77. The van der Waals surface area contributed by atoms with Crippen LogP contribution in [-0.4, -0.2) is 12.3 Å². The highest BCUT2D eigenvalue weighted by Crippen LogP contribution is 2.44. The Morgan fingerprint density at radius 1 is 0.667 bits per heavy atom. The maximum absolute atomic E-state index is 2.40. The molecule has 0 nitrogen and oxygen atoms in total. The van der Waals surface area contributed by atoms with E-state index in [0.29, 0.717) is 11.8 Å². The first-order chi connectivity index (χ1) is 14.9. The van der Waals surface area contributed by atoms with Gasteiger partial charge in [-0.3, -0.25) is 0 Å². The molecular weight excluding hydrogens is 398 g/mol. The van der Waals surface area contributed by atoms with Gasteiger partial charge in [0.2, 0.25) is 0 Å². The summed E-state index contributed by atoms with van der Waals surface area (Å²) in [6.45, 7) is 0. The first kappa shape index (κ1) is 21.4. The molecule has 30 heavy (non-hydrogen) atoms. The summed E-state index contributed by atoms with van der Waals surface area (Å²) >= 11 is 0. The minimum atomic E-state index is -0.179. The molecule has 3 aromatic carbocycles. The zero-order chi connectivity index (χ0) is 20.4. The van der Waals surface area contributed by atoms with Gasteiger partial charge in [0.15, 0.2) is 0 Å². The molecule has 0 spiro atoms. The van der Waals surface area contributed by atoms with E-state index in [4.69, 9.17) is 0 Å². The van der Waals surface area contributed by atoms with Crippen LogP contribution in [0.5, 0.6) is 0 Å². The summed E-state index contributed by atoms with van der Waals surface area (Å²) in [5.74, 6) is 3.58. The summed E-state index contributed by atoms with van der Waals surface area (Å²) in [7, 11) is 1.45. The van der Waals surface area contributed by atoms with Crippen LogP contribution in [0.15, 0.2) is 103 Å². The van der Waals surface area contributed by atoms with Crippen LogP contribution in [0.4, 0.5) is 0 Å². The molecule has 2 heteroatoms. The molecule has 0 saturated carbocycles. The molecule has 0 aliphatic carbocycles. The fourth-order valence-corrected chi connectivity index (χ4v) is 9.06. The van der Waals surface area contributed by atoms with Crippen molar-refractivity contribution >= 4 is 15.1 Å². The van der Waals surface area contributed by atoms with Crippen LogP contribution in [-0.2, 0) is 0 Å².